The van der Waals surface area contributed by atoms with Crippen molar-refractivity contribution in [2.45, 2.75) is 83.5 Å². The normalized spacial score (nSPS) is 11.8. The topological polar surface area (TPSA) is 0 Å². The summed E-state index contributed by atoms with van der Waals surface area (Å²) in [6.07, 6.45) is 10.0. The molecule has 0 fully saturated rings. The molecule has 0 N–H and O–H groups in total. The maximum atomic E-state index is 2.37. The molecule has 0 atom stereocenters. The van der Waals surface area contributed by atoms with E-state index in [1.807, 2.05) is 0 Å². The zero-order chi connectivity index (χ0) is 15.4. The van der Waals surface area contributed by atoms with E-state index in [-0.39, 0.29) is 0 Å². The van der Waals surface area contributed by atoms with Crippen LogP contribution >= 0.6 is 0 Å². The molecule has 0 radical (unpaired) electrons. The molecule has 120 valence electrons. The van der Waals surface area contributed by atoms with Crippen molar-refractivity contribution in [2.24, 2.45) is 0 Å². The van der Waals surface area contributed by atoms with Crippen molar-refractivity contribution in [3.05, 3.63) is 35.9 Å². The molecule has 1 aromatic carbocycles. The van der Waals surface area contributed by atoms with Crippen molar-refractivity contribution in [3.8, 4) is 0 Å². The molecule has 0 amide bonds. The van der Waals surface area contributed by atoms with E-state index >= 15 is 0 Å². The molecular weight excluding hydrogens is 359 g/mol. The monoisotopic (exact) mass is 396 g/mol. The number of hydrogen-bond acceptors (Lipinski definition) is 0. The molecule has 0 saturated heterocycles. The maximum absolute atomic E-state index is 2.37. The molecule has 0 unspecified atom stereocenters. The van der Waals surface area contributed by atoms with Crippen molar-refractivity contribution < 1.29 is 0 Å². The molecule has 0 bridgehead atoms. The van der Waals surface area contributed by atoms with Crippen molar-refractivity contribution >= 4 is 18.4 Å². The minimum atomic E-state index is -1.89. The molecule has 21 heavy (non-hydrogen) atoms. The second kappa shape index (κ2) is 11.6. The number of benzene rings is 1. The van der Waals surface area contributed by atoms with E-state index in [0.717, 1.165) is 0 Å². The Bertz CT molecular complexity index is 322. The van der Waals surface area contributed by atoms with E-state index in [2.05, 4.69) is 51.1 Å². The van der Waals surface area contributed by atoms with E-state index in [1.165, 1.54) is 44.9 Å². The number of unbranched alkanes of at least 4 members (excludes halogenated alkanes) is 3. The summed E-state index contributed by atoms with van der Waals surface area (Å²) in [5.41, 5.74) is 1.57. The fraction of sp³-hybridized carbons (Fsp3) is 0.700. The van der Waals surface area contributed by atoms with E-state index in [0.29, 0.717) is 0 Å². The second-order valence-corrected chi connectivity index (χ2v) is 21.1. The van der Waals surface area contributed by atoms with Gasteiger partial charge in [0, 0.05) is 0 Å². The molecule has 0 spiro atoms. The van der Waals surface area contributed by atoms with Gasteiger partial charge >= 0.3 is 138 Å². The first-order chi connectivity index (χ1) is 10.3. The van der Waals surface area contributed by atoms with Gasteiger partial charge in [0.25, 0.3) is 0 Å². The third-order valence-electron chi connectivity index (χ3n) is 4.97. The molecule has 1 aromatic rings. The first-order valence-electron chi connectivity index (χ1n) is 9.30. The average molecular weight is 395 g/mol. The Morgan fingerprint density at radius 1 is 0.667 bits per heavy atom. The van der Waals surface area contributed by atoms with Gasteiger partial charge < -0.3 is 0 Å². The first kappa shape index (κ1) is 19.1. The summed E-state index contributed by atoms with van der Waals surface area (Å²) in [7, 11) is 0. The second-order valence-electron chi connectivity index (χ2n) is 6.80. The molecule has 0 heterocycles. The third kappa shape index (κ3) is 7.72. The van der Waals surface area contributed by atoms with E-state index in [1.54, 1.807) is 23.3 Å². The molecule has 1 rings (SSSR count). The Morgan fingerprint density at radius 2 is 1.14 bits per heavy atom. The molecule has 0 saturated carbocycles. The summed E-state index contributed by atoms with van der Waals surface area (Å²) in [4.78, 5) is 0. The van der Waals surface area contributed by atoms with Crippen LogP contribution in [0.3, 0.4) is 0 Å². The summed E-state index contributed by atoms with van der Waals surface area (Å²) >= 11 is -1.89. The third-order valence-corrected chi connectivity index (χ3v) is 20.8. The van der Waals surface area contributed by atoms with E-state index in [4.69, 9.17) is 0 Å². The van der Waals surface area contributed by atoms with Crippen LogP contribution in [0.1, 0.15) is 64.9 Å². The quantitative estimate of drug-likeness (QED) is 0.332. The Labute approximate surface area is 137 Å². The molecule has 0 nitrogen and oxygen atoms in total. The Kier molecular flexibility index (Phi) is 10.5. The summed E-state index contributed by atoms with van der Waals surface area (Å²) in [6, 6.07) is 11.2. The fourth-order valence-corrected chi connectivity index (χ4v) is 19.5. The van der Waals surface area contributed by atoms with Crippen molar-refractivity contribution in [1.29, 1.82) is 0 Å². The summed E-state index contributed by atoms with van der Waals surface area (Å²) in [5, 5.41) is 0. The van der Waals surface area contributed by atoms with Crippen LogP contribution in [0.2, 0.25) is 17.7 Å². The zero-order valence-electron chi connectivity index (χ0n) is 14.7. The van der Waals surface area contributed by atoms with E-state index in [9.17, 15) is 0 Å². The van der Waals surface area contributed by atoms with Gasteiger partial charge in [0.05, 0.1) is 0 Å². The molecule has 0 aliphatic heterocycles. The number of hydrogen-bond donors (Lipinski definition) is 0. The van der Waals surface area contributed by atoms with Gasteiger partial charge in [-0.3, -0.25) is 0 Å². The van der Waals surface area contributed by atoms with Crippen LogP contribution < -0.4 is 0 Å². The van der Waals surface area contributed by atoms with Gasteiger partial charge in [-0.2, -0.15) is 0 Å². The molecule has 0 aromatic heterocycles. The summed E-state index contributed by atoms with van der Waals surface area (Å²) in [6.45, 7) is 7.11. The SMILES string of the molecule is CCC[CH2][Sn]([CH2]CCC)([CH2]CCC)[CH2]Cc1ccccc1. The van der Waals surface area contributed by atoms with Crippen molar-refractivity contribution in [3.63, 3.8) is 0 Å². The van der Waals surface area contributed by atoms with Crippen LogP contribution in [0.5, 0.6) is 0 Å². The van der Waals surface area contributed by atoms with E-state index < -0.39 is 18.4 Å². The standard InChI is InChI=1S/C8H9.3C4H9.Sn/c1-2-8-6-4-3-5-7-8;3*1-3-4-2;/h3-7H,1-2H2;3*1,3-4H2,2H3;. The van der Waals surface area contributed by atoms with Crippen LogP contribution in [0.15, 0.2) is 30.3 Å². The molecule has 0 aliphatic carbocycles. The first-order valence-corrected chi connectivity index (χ1v) is 17.4. The summed E-state index contributed by atoms with van der Waals surface area (Å²) < 4.78 is 6.55. The number of aryl methyl sites for hydroxylation is 1. The van der Waals surface area contributed by atoms with Crippen LogP contribution in [0.4, 0.5) is 0 Å². The minimum absolute atomic E-state index is 1.36. The van der Waals surface area contributed by atoms with Crippen LogP contribution in [-0.4, -0.2) is 18.4 Å². The van der Waals surface area contributed by atoms with Gasteiger partial charge in [0.2, 0.25) is 0 Å². The van der Waals surface area contributed by atoms with Gasteiger partial charge in [-0.25, -0.2) is 0 Å². The van der Waals surface area contributed by atoms with Crippen molar-refractivity contribution in [2.75, 3.05) is 0 Å². The van der Waals surface area contributed by atoms with Crippen LogP contribution in [0, 0.1) is 0 Å². The number of rotatable bonds is 12. The predicted molar refractivity (Wildman–Crippen MR) is 99.9 cm³/mol. The molecule has 0 aliphatic rings. The van der Waals surface area contributed by atoms with Crippen LogP contribution in [-0.2, 0) is 6.42 Å². The van der Waals surface area contributed by atoms with Gasteiger partial charge in [-0.1, -0.05) is 0 Å². The molecular formula is C20H36Sn. The average Bonchev–Trinajstić information content (AvgIpc) is 2.54. The zero-order valence-corrected chi connectivity index (χ0v) is 17.5. The van der Waals surface area contributed by atoms with Gasteiger partial charge in [0.15, 0.2) is 0 Å². The van der Waals surface area contributed by atoms with Crippen LogP contribution in [0.25, 0.3) is 0 Å². The fourth-order valence-electron chi connectivity index (χ4n) is 3.46. The Morgan fingerprint density at radius 3 is 1.57 bits per heavy atom. The Balaban J connectivity index is 2.69. The van der Waals surface area contributed by atoms with Gasteiger partial charge in [-0.05, 0) is 0 Å². The predicted octanol–water partition coefficient (Wildman–Crippen LogP) is 7.08. The van der Waals surface area contributed by atoms with Gasteiger partial charge in [0.1, 0.15) is 0 Å². The van der Waals surface area contributed by atoms with Crippen molar-refractivity contribution in [1.82, 2.24) is 0 Å². The van der Waals surface area contributed by atoms with Gasteiger partial charge in [-0.15, -0.1) is 0 Å². The Hall–Kier alpha value is 0.0187. The summed E-state index contributed by atoms with van der Waals surface area (Å²) in [5.74, 6) is 0. The molecule has 1 heteroatoms.